The zero-order valence-corrected chi connectivity index (χ0v) is 11.3. The van der Waals surface area contributed by atoms with Gasteiger partial charge in [0.15, 0.2) is 0 Å². The zero-order chi connectivity index (χ0) is 12.8. The molecule has 2 heteroatoms. The zero-order valence-electron chi connectivity index (χ0n) is 11.3. The first-order valence-corrected chi connectivity index (χ1v) is 7.28. The van der Waals surface area contributed by atoms with Crippen molar-refractivity contribution in [3.8, 4) is 0 Å². The Labute approximate surface area is 110 Å². The lowest BCUT2D eigenvalue weighted by molar-refractivity contribution is 0.113. The highest BCUT2D eigenvalue weighted by atomic mass is 16.3. The second-order valence-electron chi connectivity index (χ2n) is 5.42. The molecule has 1 aliphatic rings. The van der Waals surface area contributed by atoms with Gasteiger partial charge in [-0.05, 0) is 37.7 Å². The van der Waals surface area contributed by atoms with Crippen molar-refractivity contribution in [1.29, 1.82) is 0 Å². The van der Waals surface area contributed by atoms with Gasteiger partial charge in [-0.15, -0.1) is 0 Å². The molecular weight excluding hydrogens is 222 g/mol. The molecule has 0 spiro atoms. The topological polar surface area (TPSA) is 32.3 Å². The molecule has 1 aromatic rings. The van der Waals surface area contributed by atoms with E-state index in [0.717, 1.165) is 25.7 Å². The highest BCUT2D eigenvalue weighted by Crippen LogP contribution is 2.24. The molecule has 2 N–H and O–H groups in total. The molecule has 0 radical (unpaired) electrons. The quantitative estimate of drug-likeness (QED) is 0.835. The third kappa shape index (κ3) is 3.82. The first-order valence-electron chi connectivity index (χ1n) is 7.28. The molecule has 0 amide bonds. The van der Waals surface area contributed by atoms with Gasteiger partial charge < -0.3 is 10.4 Å². The molecule has 0 bridgehead atoms. The van der Waals surface area contributed by atoms with Crippen LogP contribution < -0.4 is 5.32 Å². The van der Waals surface area contributed by atoms with Crippen molar-refractivity contribution >= 4 is 0 Å². The highest BCUT2D eigenvalue weighted by molar-refractivity contribution is 5.19. The predicted octanol–water partition coefficient (Wildman–Crippen LogP) is 3.42. The van der Waals surface area contributed by atoms with E-state index in [1.807, 2.05) is 0 Å². The smallest absolute Gasteiger partial charge is 0.0541 e. The Balaban J connectivity index is 1.94. The molecule has 0 aliphatic heterocycles. The van der Waals surface area contributed by atoms with E-state index in [2.05, 4.69) is 42.6 Å². The van der Waals surface area contributed by atoms with Crippen molar-refractivity contribution in [3.05, 3.63) is 35.9 Å². The molecule has 0 saturated heterocycles. The van der Waals surface area contributed by atoms with Gasteiger partial charge in [0.05, 0.1) is 6.10 Å². The first-order chi connectivity index (χ1) is 8.79. The number of hydrogen-bond donors (Lipinski definition) is 2. The van der Waals surface area contributed by atoms with Crippen LogP contribution in [0.15, 0.2) is 30.3 Å². The Morgan fingerprint density at radius 1 is 1.17 bits per heavy atom. The summed E-state index contributed by atoms with van der Waals surface area (Å²) in [5, 5.41) is 13.3. The first kappa shape index (κ1) is 13.6. The Hall–Kier alpha value is -0.860. The number of aliphatic hydroxyl groups is 1. The van der Waals surface area contributed by atoms with Gasteiger partial charge in [-0.3, -0.25) is 0 Å². The van der Waals surface area contributed by atoms with Crippen LogP contribution in [-0.2, 0) is 0 Å². The van der Waals surface area contributed by atoms with E-state index in [4.69, 9.17) is 0 Å². The molecule has 1 atom stereocenters. The maximum absolute atomic E-state index is 9.55. The Morgan fingerprint density at radius 2 is 1.83 bits per heavy atom. The Bertz CT molecular complexity index is 330. The molecule has 1 unspecified atom stereocenters. The second kappa shape index (κ2) is 6.91. The molecule has 0 aromatic heterocycles. The van der Waals surface area contributed by atoms with Crippen molar-refractivity contribution in [2.24, 2.45) is 0 Å². The standard InChI is InChI=1S/C16H25NO/c1-2-6-16(13-7-4-3-5-8-13)17-14-9-11-15(18)12-10-14/h3-5,7-8,14-18H,2,6,9-12H2,1H3. The number of benzene rings is 1. The average Bonchev–Trinajstić information content (AvgIpc) is 2.42. The minimum atomic E-state index is -0.0654. The van der Waals surface area contributed by atoms with Crippen LogP contribution in [0.4, 0.5) is 0 Å². The van der Waals surface area contributed by atoms with E-state index in [-0.39, 0.29) is 6.10 Å². The van der Waals surface area contributed by atoms with E-state index in [1.165, 1.54) is 18.4 Å². The molecule has 100 valence electrons. The Kier molecular flexibility index (Phi) is 5.21. The summed E-state index contributed by atoms with van der Waals surface area (Å²) in [6.07, 6.45) is 6.42. The monoisotopic (exact) mass is 247 g/mol. The molecule has 1 saturated carbocycles. The molecule has 2 nitrogen and oxygen atoms in total. The van der Waals surface area contributed by atoms with Crippen LogP contribution in [0.2, 0.25) is 0 Å². The van der Waals surface area contributed by atoms with Crippen molar-refractivity contribution in [2.75, 3.05) is 0 Å². The summed E-state index contributed by atoms with van der Waals surface area (Å²) < 4.78 is 0. The van der Waals surface area contributed by atoms with Gasteiger partial charge in [0.1, 0.15) is 0 Å². The van der Waals surface area contributed by atoms with E-state index in [9.17, 15) is 5.11 Å². The maximum atomic E-state index is 9.55. The summed E-state index contributed by atoms with van der Waals surface area (Å²) in [5.74, 6) is 0. The molecule has 1 aliphatic carbocycles. The van der Waals surface area contributed by atoms with Gasteiger partial charge in [0.2, 0.25) is 0 Å². The van der Waals surface area contributed by atoms with Crippen molar-refractivity contribution in [2.45, 2.75) is 63.6 Å². The lowest BCUT2D eigenvalue weighted by Crippen LogP contribution is -2.37. The molecule has 2 rings (SSSR count). The highest BCUT2D eigenvalue weighted by Gasteiger charge is 2.22. The molecule has 1 aromatic carbocycles. The van der Waals surface area contributed by atoms with Crippen LogP contribution >= 0.6 is 0 Å². The van der Waals surface area contributed by atoms with Gasteiger partial charge in [-0.1, -0.05) is 43.7 Å². The largest absolute Gasteiger partial charge is 0.393 e. The van der Waals surface area contributed by atoms with Gasteiger partial charge >= 0.3 is 0 Å². The Morgan fingerprint density at radius 3 is 2.44 bits per heavy atom. The van der Waals surface area contributed by atoms with Crippen molar-refractivity contribution in [3.63, 3.8) is 0 Å². The summed E-state index contributed by atoms with van der Waals surface area (Å²) in [5.41, 5.74) is 1.39. The summed E-state index contributed by atoms with van der Waals surface area (Å²) in [4.78, 5) is 0. The SMILES string of the molecule is CCCC(NC1CCC(O)CC1)c1ccccc1. The van der Waals surface area contributed by atoms with E-state index in [0.29, 0.717) is 12.1 Å². The van der Waals surface area contributed by atoms with Crippen LogP contribution in [0.5, 0.6) is 0 Å². The van der Waals surface area contributed by atoms with Gasteiger partial charge in [-0.25, -0.2) is 0 Å². The third-order valence-corrected chi connectivity index (χ3v) is 3.91. The van der Waals surface area contributed by atoms with E-state index < -0.39 is 0 Å². The predicted molar refractivity (Wildman–Crippen MR) is 75.5 cm³/mol. The molecule has 1 fully saturated rings. The summed E-state index contributed by atoms with van der Waals surface area (Å²) in [6, 6.07) is 11.8. The number of hydrogen-bond acceptors (Lipinski definition) is 2. The number of aliphatic hydroxyl groups excluding tert-OH is 1. The lowest BCUT2D eigenvalue weighted by atomic mass is 9.91. The van der Waals surface area contributed by atoms with E-state index >= 15 is 0 Å². The second-order valence-corrected chi connectivity index (χ2v) is 5.42. The summed E-state index contributed by atoms with van der Waals surface area (Å²) in [6.45, 7) is 2.24. The third-order valence-electron chi connectivity index (χ3n) is 3.91. The minimum absolute atomic E-state index is 0.0654. The van der Waals surface area contributed by atoms with Crippen LogP contribution in [0.3, 0.4) is 0 Å². The van der Waals surface area contributed by atoms with Gasteiger partial charge in [0.25, 0.3) is 0 Å². The van der Waals surface area contributed by atoms with Gasteiger partial charge in [-0.2, -0.15) is 0 Å². The normalized spacial score (nSPS) is 25.9. The van der Waals surface area contributed by atoms with E-state index in [1.54, 1.807) is 0 Å². The maximum Gasteiger partial charge on any atom is 0.0541 e. The van der Waals surface area contributed by atoms with Crippen LogP contribution in [-0.4, -0.2) is 17.3 Å². The van der Waals surface area contributed by atoms with Crippen LogP contribution in [0, 0.1) is 0 Å². The number of nitrogens with one attached hydrogen (secondary N) is 1. The van der Waals surface area contributed by atoms with Crippen molar-refractivity contribution < 1.29 is 5.11 Å². The fourth-order valence-electron chi connectivity index (χ4n) is 2.85. The average molecular weight is 247 g/mol. The van der Waals surface area contributed by atoms with Crippen LogP contribution in [0.25, 0.3) is 0 Å². The molecule has 18 heavy (non-hydrogen) atoms. The summed E-state index contributed by atoms with van der Waals surface area (Å²) >= 11 is 0. The summed E-state index contributed by atoms with van der Waals surface area (Å²) in [7, 11) is 0. The minimum Gasteiger partial charge on any atom is -0.393 e. The molecular formula is C16H25NO. The van der Waals surface area contributed by atoms with Gasteiger partial charge in [0, 0.05) is 12.1 Å². The lowest BCUT2D eigenvalue weighted by Gasteiger charge is -2.30. The fraction of sp³-hybridized carbons (Fsp3) is 0.625. The fourth-order valence-corrected chi connectivity index (χ4v) is 2.85. The van der Waals surface area contributed by atoms with Crippen molar-refractivity contribution in [1.82, 2.24) is 5.32 Å². The molecule has 0 heterocycles. The van der Waals surface area contributed by atoms with Crippen LogP contribution in [0.1, 0.15) is 57.1 Å². The number of rotatable bonds is 5.